The number of halogens is 2. The number of nitrogens with zero attached hydrogens (tertiary/aromatic N) is 1. The smallest absolute Gasteiger partial charge is 0.223 e. The Bertz CT molecular complexity index is 736. The van der Waals surface area contributed by atoms with E-state index in [9.17, 15) is 14.0 Å². The molecule has 2 amide bonds. The normalized spacial score (nSPS) is 10.3. The van der Waals surface area contributed by atoms with E-state index in [-0.39, 0.29) is 37.1 Å². The van der Waals surface area contributed by atoms with Gasteiger partial charge in [-0.2, -0.15) is 0 Å². The molecule has 0 bridgehead atoms. The molecule has 0 aromatic heterocycles. The molecule has 0 aliphatic heterocycles. The maximum absolute atomic E-state index is 13.5. The lowest BCUT2D eigenvalue weighted by Gasteiger charge is -2.21. The first-order valence-electron chi connectivity index (χ1n) is 7.51. The van der Waals surface area contributed by atoms with Gasteiger partial charge in [0, 0.05) is 42.7 Å². The Morgan fingerprint density at radius 2 is 1.92 bits per heavy atom. The summed E-state index contributed by atoms with van der Waals surface area (Å²) in [5, 5.41) is 3.17. The van der Waals surface area contributed by atoms with Crippen molar-refractivity contribution >= 4 is 29.1 Å². The molecule has 2 aromatic rings. The fourth-order valence-corrected chi connectivity index (χ4v) is 2.43. The first-order valence-corrected chi connectivity index (χ1v) is 7.89. The van der Waals surface area contributed by atoms with Crippen molar-refractivity contribution in [3.05, 3.63) is 64.9 Å². The average Bonchev–Trinajstić information content (AvgIpc) is 2.54. The van der Waals surface area contributed by atoms with Crippen molar-refractivity contribution in [2.45, 2.75) is 19.9 Å². The summed E-state index contributed by atoms with van der Waals surface area (Å²) in [6.45, 7) is 1.76. The summed E-state index contributed by atoms with van der Waals surface area (Å²) in [5.74, 6) is -0.798. The van der Waals surface area contributed by atoms with Crippen LogP contribution >= 0.6 is 11.6 Å². The van der Waals surface area contributed by atoms with Crippen LogP contribution in [0.15, 0.2) is 48.5 Å². The molecule has 2 rings (SSSR count). The van der Waals surface area contributed by atoms with Crippen LogP contribution in [0, 0.1) is 5.82 Å². The zero-order chi connectivity index (χ0) is 17.5. The van der Waals surface area contributed by atoms with Gasteiger partial charge in [0.25, 0.3) is 0 Å². The third kappa shape index (κ3) is 5.06. The van der Waals surface area contributed by atoms with Gasteiger partial charge in [0.15, 0.2) is 0 Å². The molecule has 4 nitrogen and oxygen atoms in total. The molecule has 0 fully saturated rings. The molecule has 0 aliphatic rings. The molecule has 6 heteroatoms. The molecule has 1 N–H and O–H groups in total. The van der Waals surface area contributed by atoms with Crippen LogP contribution in [0.2, 0.25) is 5.02 Å². The highest BCUT2D eigenvalue weighted by Crippen LogP contribution is 2.20. The summed E-state index contributed by atoms with van der Waals surface area (Å²) >= 11 is 5.94. The van der Waals surface area contributed by atoms with Gasteiger partial charge in [-0.3, -0.25) is 9.59 Å². The predicted molar refractivity (Wildman–Crippen MR) is 92.3 cm³/mol. The van der Waals surface area contributed by atoms with Crippen molar-refractivity contribution in [1.29, 1.82) is 0 Å². The van der Waals surface area contributed by atoms with E-state index in [1.807, 2.05) is 0 Å². The van der Waals surface area contributed by atoms with E-state index in [2.05, 4.69) is 5.32 Å². The van der Waals surface area contributed by atoms with E-state index in [0.717, 1.165) is 0 Å². The molecule has 0 saturated heterocycles. The van der Waals surface area contributed by atoms with Gasteiger partial charge in [-0.25, -0.2) is 4.39 Å². The van der Waals surface area contributed by atoms with E-state index in [0.29, 0.717) is 16.3 Å². The maximum atomic E-state index is 13.5. The quantitative estimate of drug-likeness (QED) is 0.868. The molecule has 0 saturated carbocycles. The van der Waals surface area contributed by atoms with Gasteiger partial charge >= 0.3 is 0 Å². The maximum Gasteiger partial charge on any atom is 0.223 e. The summed E-state index contributed by atoms with van der Waals surface area (Å²) in [6.07, 6.45) is 0.112. The van der Waals surface area contributed by atoms with E-state index in [1.54, 1.807) is 42.5 Å². The molecular formula is C18H18ClFN2O2. The lowest BCUT2D eigenvalue weighted by Crippen LogP contribution is -2.33. The summed E-state index contributed by atoms with van der Waals surface area (Å²) in [4.78, 5) is 25.2. The van der Waals surface area contributed by atoms with Crippen molar-refractivity contribution in [3.8, 4) is 0 Å². The SMILES string of the molecule is CC(=O)N(CCC(=O)NCc1ccccc1F)c1cccc(Cl)c1. The number of nitrogens with one attached hydrogen (secondary N) is 1. The van der Waals surface area contributed by atoms with Crippen LogP contribution in [0.4, 0.5) is 10.1 Å². The monoisotopic (exact) mass is 348 g/mol. The van der Waals surface area contributed by atoms with Gasteiger partial charge in [-0.05, 0) is 24.3 Å². The number of carbonyl (C=O) groups excluding carboxylic acids is 2. The number of carbonyl (C=O) groups is 2. The Kier molecular flexibility index (Phi) is 6.32. The van der Waals surface area contributed by atoms with Crippen molar-refractivity contribution < 1.29 is 14.0 Å². The van der Waals surface area contributed by atoms with Gasteiger partial charge in [0.05, 0.1) is 0 Å². The Hall–Kier alpha value is -2.40. The highest BCUT2D eigenvalue weighted by atomic mass is 35.5. The second-order valence-corrected chi connectivity index (χ2v) is 5.71. The van der Waals surface area contributed by atoms with Crippen LogP contribution in [-0.4, -0.2) is 18.4 Å². The van der Waals surface area contributed by atoms with Crippen LogP contribution in [0.1, 0.15) is 18.9 Å². The molecule has 0 radical (unpaired) electrons. The number of hydrogen-bond acceptors (Lipinski definition) is 2. The van der Waals surface area contributed by atoms with E-state index < -0.39 is 0 Å². The Labute approximate surface area is 145 Å². The number of amides is 2. The zero-order valence-electron chi connectivity index (χ0n) is 13.3. The number of hydrogen-bond donors (Lipinski definition) is 1. The summed E-state index contributed by atoms with van der Waals surface area (Å²) in [7, 11) is 0. The van der Waals surface area contributed by atoms with Gasteiger partial charge < -0.3 is 10.2 Å². The topological polar surface area (TPSA) is 49.4 Å². The number of anilines is 1. The number of benzene rings is 2. The Morgan fingerprint density at radius 1 is 1.17 bits per heavy atom. The van der Waals surface area contributed by atoms with Crippen LogP contribution in [0.25, 0.3) is 0 Å². The molecule has 0 atom stereocenters. The minimum absolute atomic E-state index is 0.112. The highest BCUT2D eigenvalue weighted by molar-refractivity contribution is 6.30. The van der Waals surface area contributed by atoms with E-state index >= 15 is 0 Å². The molecule has 0 aliphatic carbocycles. The molecule has 0 unspecified atom stereocenters. The molecule has 2 aromatic carbocycles. The van der Waals surface area contributed by atoms with Gasteiger partial charge in [-0.1, -0.05) is 35.9 Å². The first-order chi connectivity index (χ1) is 11.5. The standard InChI is InChI=1S/C18H18ClFN2O2/c1-13(23)22(16-7-4-6-15(19)11-16)10-9-18(24)21-12-14-5-2-3-8-17(14)20/h2-8,11H,9-10,12H2,1H3,(H,21,24). The second kappa shape index (κ2) is 8.45. The zero-order valence-corrected chi connectivity index (χ0v) is 14.0. The Morgan fingerprint density at radius 3 is 2.58 bits per heavy atom. The van der Waals surface area contributed by atoms with Crippen molar-refractivity contribution in [2.24, 2.45) is 0 Å². The summed E-state index contributed by atoms with van der Waals surface area (Å²) in [5.41, 5.74) is 1.06. The first kappa shape index (κ1) is 17.9. The van der Waals surface area contributed by atoms with Crippen LogP contribution < -0.4 is 10.2 Å². The highest BCUT2D eigenvalue weighted by Gasteiger charge is 2.14. The fraction of sp³-hybridized carbons (Fsp3) is 0.222. The summed E-state index contributed by atoms with van der Waals surface area (Å²) in [6, 6.07) is 13.1. The lowest BCUT2D eigenvalue weighted by molar-refractivity contribution is -0.121. The van der Waals surface area contributed by atoms with Crippen molar-refractivity contribution in [1.82, 2.24) is 5.32 Å². The number of rotatable bonds is 6. The van der Waals surface area contributed by atoms with Crippen LogP contribution in [-0.2, 0) is 16.1 Å². The van der Waals surface area contributed by atoms with Crippen LogP contribution in [0.5, 0.6) is 0 Å². The van der Waals surface area contributed by atoms with Crippen LogP contribution in [0.3, 0.4) is 0 Å². The van der Waals surface area contributed by atoms with E-state index in [4.69, 9.17) is 11.6 Å². The lowest BCUT2D eigenvalue weighted by atomic mass is 10.2. The van der Waals surface area contributed by atoms with Crippen molar-refractivity contribution in [2.75, 3.05) is 11.4 Å². The van der Waals surface area contributed by atoms with Crippen molar-refractivity contribution in [3.63, 3.8) is 0 Å². The Balaban J connectivity index is 1.91. The third-order valence-electron chi connectivity index (χ3n) is 3.50. The fourth-order valence-electron chi connectivity index (χ4n) is 2.25. The second-order valence-electron chi connectivity index (χ2n) is 5.27. The molecule has 24 heavy (non-hydrogen) atoms. The van der Waals surface area contributed by atoms with E-state index in [1.165, 1.54) is 17.9 Å². The minimum atomic E-state index is -0.359. The van der Waals surface area contributed by atoms with Gasteiger partial charge in [0.1, 0.15) is 5.82 Å². The van der Waals surface area contributed by atoms with Gasteiger partial charge in [0.2, 0.25) is 11.8 Å². The molecule has 0 spiro atoms. The average molecular weight is 349 g/mol. The largest absolute Gasteiger partial charge is 0.352 e. The molecule has 126 valence electrons. The van der Waals surface area contributed by atoms with Gasteiger partial charge in [-0.15, -0.1) is 0 Å². The molecular weight excluding hydrogens is 331 g/mol. The molecule has 0 heterocycles. The predicted octanol–water partition coefficient (Wildman–Crippen LogP) is 3.54. The third-order valence-corrected chi connectivity index (χ3v) is 3.73. The minimum Gasteiger partial charge on any atom is -0.352 e. The summed E-state index contributed by atoms with van der Waals surface area (Å²) < 4.78 is 13.5.